The van der Waals surface area contributed by atoms with Gasteiger partial charge in [-0.15, -0.1) is 0 Å². The molecule has 0 saturated heterocycles. The summed E-state index contributed by atoms with van der Waals surface area (Å²) in [6, 6.07) is 5.43. The summed E-state index contributed by atoms with van der Waals surface area (Å²) in [5.74, 6) is 0.192. The minimum absolute atomic E-state index is 0.174. The molecule has 1 aromatic carbocycles. The fraction of sp³-hybridized carbons (Fsp3) is 0.429. The van der Waals surface area contributed by atoms with Crippen LogP contribution >= 0.6 is 0 Å². The number of rotatable bonds is 10. The van der Waals surface area contributed by atoms with Crippen molar-refractivity contribution in [2.75, 3.05) is 6.61 Å². The molecule has 0 aliphatic rings. The van der Waals surface area contributed by atoms with E-state index in [4.69, 9.17) is 4.74 Å². The van der Waals surface area contributed by atoms with Gasteiger partial charge in [0.15, 0.2) is 0 Å². The maximum Gasteiger partial charge on any atom is 0.121 e. The molecular formula is C21H30O4. The molecule has 0 aromatic heterocycles. The SMILES string of the molecule is C/C=C/C=C/C=C(\CO)[C@H](OCc1c(O)cccc1CCC)[C@H](C)O. The number of aromatic hydroxyl groups is 1. The fourth-order valence-corrected chi connectivity index (χ4v) is 2.61. The van der Waals surface area contributed by atoms with Crippen molar-refractivity contribution in [3.8, 4) is 5.75 Å². The first-order valence-corrected chi connectivity index (χ1v) is 8.73. The highest BCUT2D eigenvalue weighted by Gasteiger charge is 2.21. The second-order valence-electron chi connectivity index (χ2n) is 5.95. The molecule has 0 saturated carbocycles. The summed E-state index contributed by atoms with van der Waals surface area (Å²) in [6.45, 7) is 5.59. The van der Waals surface area contributed by atoms with Gasteiger partial charge >= 0.3 is 0 Å². The maximum absolute atomic E-state index is 10.1. The van der Waals surface area contributed by atoms with Gasteiger partial charge in [-0.2, -0.15) is 0 Å². The van der Waals surface area contributed by atoms with Gasteiger partial charge in [-0.1, -0.05) is 55.9 Å². The summed E-state index contributed by atoms with van der Waals surface area (Å²) < 4.78 is 5.88. The van der Waals surface area contributed by atoms with Crippen LogP contribution < -0.4 is 0 Å². The van der Waals surface area contributed by atoms with Gasteiger partial charge in [0.1, 0.15) is 11.9 Å². The van der Waals surface area contributed by atoms with E-state index in [2.05, 4.69) is 6.92 Å². The molecule has 0 aliphatic heterocycles. The van der Waals surface area contributed by atoms with Crippen LogP contribution in [0.1, 0.15) is 38.3 Å². The number of phenols is 1. The first-order valence-electron chi connectivity index (χ1n) is 8.73. The zero-order valence-electron chi connectivity index (χ0n) is 15.4. The highest BCUT2D eigenvalue weighted by Crippen LogP contribution is 2.25. The minimum atomic E-state index is -0.783. The summed E-state index contributed by atoms with van der Waals surface area (Å²) >= 11 is 0. The van der Waals surface area contributed by atoms with Crippen LogP contribution in [0.2, 0.25) is 0 Å². The van der Waals surface area contributed by atoms with Crippen LogP contribution in [0.4, 0.5) is 0 Å². The van der Waals surface area contributed by atoms with Gasteiger partial charge < -0.3 is 20.1 Å². The third-order valence-corrected chi connectivity index (χ3v) is 3.89. The van der Waals surface area contributed by atoms with Crippen molar-refractivity contribution < 1.29 is 20.1 Å². The second-order valence-corrected chi connectivity index (χ2v) is 5.95. The van der Waals surface area contributed by atoms with Crippen molar-refractivity contribution in [1.29, 1.82) is 0 Å². The number of benzene rings is 1. The molecule has 0 fully saturated rings. The molecule has 4 nitrogen and oxygen atoms in total. The largest absolute Gasteiger partial charge is 0.508 e. The molecule has 2 atom stereocenters. The Kier molecular flexibility index (Phi) is 9.85. The fourth-order valence-electron chi connectivity index (χ4n) is 2.61. The van der Waals surface area contributed by atoms with E-state index in [0.717, 1.165) is 24.0 Å². The topological polar surface area (TPSA) is 69.9 Å². The molecule has 0 radical (unpaired) electrons. The van der Waals surface area contributed by atoms with Crippen LogP contribution in [0.3, 0.4) is 0 Å². The van der Waals surface area contributed by atoms with E-state index in [1.807, 2.05) is 37.3 Å². The van der Waals surface area contributed by atoms with Crippen molar-refractivity contribution in [3.63, 3.8) is 0 Å². The summed E-state index contributed by atoms with van der Waals surface area (Å²) in [6.07, 6.45) is 9.55. The molecule has 0 spiro atoms. The molecule has 3 N–H and O–H groups in total. The van der Waals surface area contributed by atoms with Gasteiger partial charge in [0.2, 0.25) is 0 Å². The zero-order chi connectivity index (χ0) is 18.7. The van der Waals surface area contributed by atoms with Gasteiger partial charge in [-0.05, 0) is 37.5 Å². The average molecular weight is 346 g/mol. The summed E-state index contributed by atoms with van der Waals surface area (Å²) in [7, 11) is 0. The van der Waals surface area contributed by atoms with Gasteiger partial charge in [-0.3, -0.25) is 0 Å². The summed E-state index contributed by atoms with van der Waals surface area (Å²) in [4.78, 5) is 0. The maximum atomic E-state index is 10.1. The number of aliphatic hydroxyl groups is 2. The monoisotopic (exact) mass is 346 g/mol. The van der Waals surface area contributed by atoms with Gasteiger partial charge in [0, 0.05) is 5.56 Å². The summed E-state index contributed by atoms with van der Waals surface area (Å²) in [5, 5.41) is 29.8. The number of hydrogen-bond donors (Lipinski definition) is 3. The molecular weight excluding hydrogens is 316 g/mol. The molecule has 138 valence electrons. The van der Waals surface area contributed by atoms with Gasteiger partial charge in [-0.25, -0.2) is 0 Å². The third kappa shape index (κ3) is 6.86. The Labute approximate surface area is 150 Å². The van der Waals surface area contributed by atoms with Crippen molar-refractivity contribution in [1.82, 2.24) is 0 Å². The van der Waals surface area contributed by atoms with E-state index in [-0.39, 0.29) is 19.0 Å². The van der Waals surface area contributed by atoms with Crippen molar-refractivity contribution in [2.24, 2.45) is 0 Å². The number of allylic oxidation sites excluding steroid dienone is 5. The Morgan fingerprint density at radius 2 is 2.00 bits per heavy atom. The number of aliphatic hydroxyl groups excluding tert-OH is 2. The standard InChI is InChI=1S/C21H30O4/c1-4-6-7-8-11-18(14-22)21(16(3)23)25-15-19-17(10-5-2)12-9-13-20(19)24/h4,6-9,11-13,16,21-24H,5,10,14-15H2,1-3H3/b6-4+,8-7+,18-11+/t16-,21+/m0/s1. The second kappa shape index (κ2) is 11.6. The van der Waals surface area contributed by atoms with Gasteiger partial charge in [0.05, 0.1) is 19.3 Å². The first-order chi connectivity index (χ1) is 12.0. The van der Waals surface area contributed by atoms with E-state index in [1.165, 1.54) is 0 Å². The number of hydrogen-bond acceptors (Lipinski definition) is 4. The van der Waals surface area contributed by atoms with E-state index < -0.39 is 12.2 Å². The Morgan fingerprint density at radius 1 is 1.24 bits per heavy atom. The van der Waals surface area contributed by atoms with Gasteiger partial charge in [0.25, 0.3) is 0 Å². The van der Waals surface area contributed by atoms with Crippen molar-refractivity contribution in [2.45, 2.75) is 52.4 Å². The zero-order valence-corrected chi connectivity index (χ0v) is 15.4. The lowest BCUT2D eigenvalue weighted by atomic mass is 10.0. The lowest BCUT2D eigenvalue weighted by Gasteiger charge is -2.23. The van der Waals surface area contributed by atoms with E-state index in [0.29, 0.717) is 5.57 Å². The van der Waals surface area contributed by atoms with E-state index in [9.17, 15) is 15.3 Å². The van der Waals surface area contributed by atoms with E-state index in [1.54, 1.807) is 25.1 Å². The quantitative estimate of drug-likeness (QED) is 0.566. The van der Waals surface area contributed by atoms with Crippen molar-refractivity contribution >= 4 is 0 Å². The van der Waals surface area contributed by atoms with Crippen LogP contribution in [-0.2, 0) is 17.8 Å². The highest BCUT2D eigenvalue weighted by atomic mass is 16.5. The highest BCUT2D eigenvalue weighted by molar-refractivity contribution is 5.39. The third-order valence-electron chi connectivity index (χ3n) is 3.89. The van der Waals surface area contributed by atoms with Crippen LogP contribution in [0.15, 0.2) is 54.2 Å². The molecule has 0 heterocycles. The van der Waals surface area contributed by atoms with Crippen LogP contribution in [0, 0.1) is 0 Å². The van der Waals surface area contributed by atoms with Crippen LogP contribution in [0.5, 0.6) is 5.75 Å². The van der Waals surface area contributed by atoms with E-state index >= 15 is 0 Å². The molecule has 0 bridgehead atoms. The molecule has 4 heteroatoms. The first kappa shape index (κ1) is 21.2. The normalized spacial score (nSPS) is 15.2. The van der Waals surface area contributed by atoms with Crippen LogP contribution in [0.25, 0.3) is 0 Å². The Bertz CT molecular complexity index is 600. The number of aryl methyl sites for hydroxylation is 1. The lowest BCUT2D eigenvalue weighted by Crippen LogP contribution is -2.30. The number of ether oxygens (including phenoxy) is 1. The molecule has 1 rings (SSSR count). The number of phenolic OH excluding ortho intramolecular Hbond substituents is 1. The Balaban J connectivity index is 2.96. The minimum Gasteiger partial charge on any atom is -0.508 e. The van der Waals surface area contributed by atoms with Crippen molar-refractivity contribution in [3.05, 3.63) is 65.3 Å². The average Bonchev–Trinajstić information content (AvgIpc) is 2.58. The molecule has 0 aliphatic carbocycles. The molecule has 0 amide bonds. The molecule has 0 unspecified atom stereocenters. The Hall–Kier alpha value is -1.88. The van der Waals surface area contributed by atoms with Crippen LogP contribution in [-0.4, -0.2) is 34.1 Å². The lowest BCUT2D eigenvalue weighted by molar-refractivity contribution is -0.0220. The predicted molar refractivity (Wildman–Crippen MR) is 101 cm³/mol. The molecule has 25 heavy (non-hydrogen) atoms. The smallest absolute Gasteiger partial charge is 0.121 e. The molecule has 1 aromatic rings. The summed E-state index contributed by atoms with van der Waals surface area (Å²) in [5.41, 5.74) is 2.36. The Morgan fingerprint density at radius 3 is 2.60 bits per heavy atom. The predicted octanol–water partition coefficient (Wildman–Crippen LogP) is 3.66.